The first-order valence-electron chi connectivity index (χ1n) is 5.93. The molecule has 19 heavy (non-hydrogen) atoms. The number of methoxy groups -OCH3 is 1. The fourth-order valence-electron chi connectivity index (χ4n) is 2.07. The van der Waals surface area contributed by atoms with E-state index in [0.717, 1.165) is 0 Å². The zero-order chi connectivity index (χ0) is 13.2. The maximum atomic E-state index is 12.3. The lowest BCUT2D eigenvalue weighted by Gasteiger charge is -2.38. The molecule has 0 radical (unpaired) electrons. The Bertz CT molecular complexity index is 578. The fraction of sp³-hybridized carbons (Fsp3) is 0.333. The lowest BCUT2D eigenvalue weighted by atomic mass is 10.1. The summed E-state index contributed by atoms with van der Waals surface area (Å²) < 4.78 is 5.10. The minimum atomic E-state index is -0.0756. The highest BCUT2D eigenvalue weighted by atomic mass is 16.5. The van der Waals surface area contributed by atoms with E-state index in [-0.39, 0.29) is 11.9 Å². The predicted octanol–water partition coefficient (Wildman–Crippen LogP) is 0.379. The third-order valence-electron chi connectivity index (χ3n) is 3.11. The number of carbonyl (C=O) groups excluding carboxylic acids is 1. The number of carbonyl (C=O) groups is 1. The highest BCUT2D eigenvalue weighted by Gasteiger charge is 2.34. The highest BCUT2D eigenvalue weighted by Crippen LogP contribution is 2.24. The second kappa shape index (κ2) is 4.68. The summed E-state index contributed by atoms with van der Waals surface area (Å²) in [5.74, 6) is 0.279. The van der Waals surface area contributed by atoms with Crippen LogP contribution in [0.5, 0.6) is 5.88 Å². The van der Waals surface area contributed by atoms with Crippen molar-refractivity contribution >= 4 is 5.91 Å². The van der Waals surface area contributed by atoms with Crippen LogP contribution < -0.4 is 4.74 Å². The summed E-state index contributed by atoms with van der Waals surface area (Å²) in [4.78, 5) is 19.7. The second-order valence-corrected chi connectivity index (χ2v) is 4.27. The number of pyridine rings is 1. The molecule has 1 aliphatic heterocycles. The Morgan fingerprint density at radius 3 is 2.74 bits per heavy atom. The van der Waals surface area contributed by atoms with Gasteiger partial charge < -0.3 is 9.64 Å². The molecule has 0 bridgehead atoms. The molecule has 3 heterocycles. The Balaban J connectivity index is 1.70. The van der Waals surface area contributed by atoms with Crippen molar-refractivity contribution in [2.75, 3.05) is 20.2 Å². The Morgan fingerprint density at radius 2 is 2.05 bits per heavy atom. The van der Waals surface area contributed by atoms with Crippen molar-refractivity contribution in [2.45, 2.75) is 6.04 Å². The minimum absolute atomic E-state index is 0.0756. The van der Waals surface area contributed by atoms with Gasteiger partial charge in [0.1, 0.15) is 11.6 Å². The average Bonchev–Trinajstić information content (AvgIpc) is 2.90. The molecule has 1 saturated heterocycles. The van der Waals surface area contributed by atoms with Crippen molar-refractivity contribution in [3.05, 3.63) is 36.3 Å². The van der Waals surface area contributed by atoms with Gasteiger partial charge in [0.25, 0.3) is 5.91 Å². The van der Waals surface area contributed by atoms with Crippen LogP contribution in [0.1, 0.15) is 16.4 Å². The van der Waals surface area contributed by atoms with E-state index in [0.29, 0.717) is 24.5 Å². The molecule has 2 aromatic heterocycles. The molecule has 0 unspecified atom stereocenters. The molecule has 1 fully saturated rings. The molecule has 1 aliphatic rings. The molecule has 0 aromatic carbocycles. The van der Waals surface area contributed by atoms with Crippen molar-refractivity contribution in [3.63, 3.8) is 0 Å². The van der Waals surface area contributed by atoms with Gasteiger partial charge in [-0.05, 0) is 12.1 Å². The van der Waals surface area contributed by atoms with Gasteiger partial charge in [0.15, 0.2) is 0 Å². The van der Waals surface area contributed by atoms with E-state index in [1.807, 2.05) is 0 Å². The van der Waals surface area contributed by atoms with Crippen molar-refractivity contribution in [3.8, 4) is 5.88 Å². The second-order valence-electron chi connectivity index (χ2n) is 4.27. The molecule has 3 rings (SSSR count). The maximum absolute atomic E-state index is 12.3. The van der Waals surface area contributed by atoms with Crippen LogP contribution in [0, 0.1) is 0 Å². The summed E-state index contributed by atoms with van der Waals surface area (Å²) in [7, 11) is 1.51. The quantitative estimate of drug-likeness (QED) is 0.796. The van der Waals surface area contributed by atoms with E-state index < -0.39 is 0 Å². The Hall–Kier alpha value is -2.44. The third kappa shape index (κ3) is 2.03. The molecule has 2 aromatic rings. The number of rotatable bonds is 3. The van der Waals surface area contributed by atoms with Gasteiger partial charge >= 0.3 is 0 Å². The topological polar surface area (TPSA) is 73.1 Å². The number of ether oxygens (including phenoxy) is 1. The summed E-state index contributed by atoms with van der Waals surface area (Å²) in [6.45, 7) is 1.21. The number of aromatic nitrogens is 4. The molecule has 7 nitrogen and oxygen atoms in total. The lowest BCUT2D eigenvalue weighted by molar-refractivity contribution is 0.0472. The number of nitrogens with zero attached hydrogens (tertiary/aromatic N) is 5. The van der Waals surface area contributed by atoms with Gasteiger partial charge in [-0.2, -0.15) is 15.0 Å². The van der Waals surface area contributed by atoms with Gasteiger partial charge in [-0.3, -0.25) is 4.79 Å². The van der Waals surface area contributed by atoms with Crippen LogP contribution in [0.25, 0.3) is 0 Å². The number of likely N-dealkylation sites (tertiary alicyclic amines) is 1. The largest absolute Gasteiger partial charge is 0.480 e. The molecule has 0 aliphatic carbocycles. The minimum Gasteiger partial charge on any atom is -0.480 e. The number of hydrogen-bond donors (Lipinski definition) is 0. The van der Waals surface area contributed by atoms with Gasteiger partial charge in [-0.1, -0.05) is 0 Å². The van der Waals surface area contributed by atoms with Crippen LogP contribution in [0.15, 0.2) is 30.7 Å². The van der Waals surface area contributed by atoms with Crippen molar-refractivity contribution in [1.82, 2.24) is 24.9 Å². The van der Waals surface area contributed by atoms with Gasteiger partial charge in [0, 0.05) is 19.3 Å². The molecule has 1 amide bonds. The molecular formula is C12H13N5O2. The first-order valence-corrected chi connectivity index (χ1v) is 5.93. The van der Waals surface area contributed by atoms with Crippen LogP contribution in [-0.4, -0.2) is 51.0 Å². The predicted molar refractivity (Wildman–Crippen MR) is 65.8 cm³/mol. The SMILES string of the molecule is COc1ncccc1C(=O)N1CC(n2nccn2)C1. The first kappa shape index (κ1) is 11.6. The van der Waals surface area contributed by atoms with E-state index in [2.05, 4.69) is 15.2 Å². The molecule has 0 atom stereocenters. The summed E-state index contributed by atoms with van der Waals surface area (Å²) >= 11 is 0. The summed E-state index contributed by atoms with van der Waals surface area (Å²) in [5.41, 5.74) is 0.483. The van der Waals surface area contributed by atoms with Gasteiger partial charge in [0.2, 0.25) is 5.88 Å². The molecule has 0 N–H and O–H groups in total. The van der Waals surface area contributed by atoms with Crippen LogP contribution >= 0.6 is 0 Å². The van der Waals surface area contributed by atoms with E-state index >= 15 is 0 Å². The molecule has 0 saturated carbocycles. The highest BCUT2D eigenvalue weighted by molar-refractivity contribution is 5.96. The summed E-state index contributed by atoms with van der Waals surface area (Å²) in [6, 6.07) is 3.59. The first-order chi connectivity index (χ1) is 9.29. The number of hydrogen-bond acceptors (Lipinski definition) is 5. The monoisotopic (exact) mass is 259 g/mol. The fourth-order valence-corrected chi connectivity index (χ4v) is 2.07. The van der Waals surface area contributed by atoms with E-state index in [9.17, 15) is 4.79 Å². The van der Waals surface area contributed by atoms with Crippen LogP contribution in [0.2, 0.25) is 0 Å². The lowest BCUT2D eigenvalue weighted by Crippen LogP contribution is -2.51. The van der Waals surface area contributed by atoms with Crippen LogP contribution in [0.3, 0.4) is 0 Å². The van der Waals surface area contributed by atoms with Crippen LogP contribution in [-0.2, 0) is 0 Å². The average molecular weight is 259 g/mol. The van der Waals surface area contributed by atoms with Crippen molar-refractivity contribution < 1.29 is 9.53 Å². The number of amides is 1. The van der Waals surface area contributed by atoms with Gasteiger partial charge in [-0.25, -0.2) is 4.98 Å². The molecule has 7 heteroatoms. The van der Waals surface area contributed by atoms with E-state index in [1.165, 1.54) is 7.11 Å². The van der Waals surface area contributed by atoms with E-state index in [4.69, 9.17) is 4.74 Å². The normalized spacial score (nSPS) is 15.1. The van der Waals surface area contributed by atoms with Gasteiger partial charge in [-0.15, -0.1) is 0 Å². The van der Waals surface area contributed by atoms with Crippen molar-refractivity contribution in [2.24, 2.45) is 0 Å². The Labute approximate surface area is 109 Å². The molecule has 98 valence electrons. The third-order valence-corrected chi connectivity index (χ3v) is 3.11. The summed E-state index contributed by atoms with van der Waals surface area (Å²) in [5, 5.41) is 8.14. The van der Waals surface area contributed by atoms with Gasteiger partial charge in [0.05, 0.1) is 19.5 Å². The zero-order valence-electron chi connectivity index (χ0n) is 10.4. The molecular weight excluding hydrogens is 246 g/mol. The Kier molecular flexibility index (Phi) is 2.86. The Morgan fingerprint density at radius 1 is 1.32 bits per heavy atom. The smallest absolute Gasteiger partial charge is 0.259 e. The standard InChI is InChI=1S/C12H13N5O2/c1-19-11-10(3-2-4-13-11)12(18)16-7-9(8-16)17-14-5-6-15-17/h2-6,9H,7-8H2,1H3. The maximum Gasteiger partial charge on any atom is 0.259 e. The van der Waals surface area contributed by atoms with Crippen LogP contribution in [0.4, 0.5) is 0 Å². The van der Waals surface area contributed by atoms with Crippen molar-refractivity contribution in [1.29, 1.82) is 0 Å². The molecule has 0 spiro atoms. The summed E-state index contributed by atoms with van der Waals surface area (Å²) in [6.07, 6.45) is 4.87. The zero-order valence-corrected chi connectivity index (χ0v) is 10.4. The van der Waals surface area contributed by atoms with E-state index in [1.54, 1.807) is 40.4 Å².